The van der Waals surface area contributed by atoms with Crippen molar-refractivity contribution in [2.24, 2.45) is 7.05 Å². The molecule has 0 bridgehead atoms. The minimum atomic E-state index is -0.571. The van der Waals surface area contributed by atoms with Gasteiger partial charge in [0.25, 0.3) is 5.91 Å². The van der Waals surface area contributed by atoms with Gasteiger partial charge in [0.05, 0.1) is 11.1 Å². The normalized spacial score (nSPS) is 10.7. The van der Waals surface area contributed by atoms with Gasteiger partial charge in [-0.3, -0.25) is 24.3 Å². The van der Waals surface area contributed by atoms with Gasteiger partial charge >= 0.3 is 5.69 Å². The SMILES string of the molecule is CCn1cc(CN(C)C(=O)c2c([N+](=O)[O-])c(C)nn2C)cn1. The van der Waals surface area contributed by atoms with Crippen molar-refractivity contribution < 1.29 is 9.72 Å². The molecule has 0 atom stereocenters. The Hall–Kier alpha value is -2.71. The second kappa shape index (κ2) is 5.96. The molecule has 1 amide bonds. The van der Waals surface area contributed by atoms with Crippen LogP contribution in [0.5, 0.6) is 0 Å². The van der Waals surface area contributed by atoms with Crippen molar-refractivity contribution in [3.05, 3.63) is 39.5 Å². The number of aromatic nitrogens is 4. The van der Waals surface area contributed by atoms with Crippen molar-refractivity contribution >= 4 is 11.6 Å². The van der Waals surface area contributed by atoms with E-state index < -0.39 is 10.8 Å². The lowest BCUT2D eigenvalue weighted by molar-refractivity contribution is -0.385. The molecule has 22 heavy (non-hydrogen) atoms. The van der Waals surface area contributed by atoms with E-state index in [2.05, 4.69) is 10.2 Å². The summed E-state index contributed by atoms with van der Waals surface area (Å²) in [6, 6.07) is 0. The van der Waals surface area contributed by atoms with Crippen molar-refractivity contribution in [2.45, 2.75) is 26.9 Å². The molecular formula is C13H18N6O3. The van der Waals surface area contributed by atoms with Gasteiger partial charge in [-0.15, -0.1) is 0 Å². The van der Waals surface area contributed by atoms with Gasteiger partial charge in [-0.1, -0.05) is 0 Å². The smallest absolute Gasteiger partial charge is 0.322 e. The largest absolute Gasteiger partial charge is 0.336 e. The summed E-state index contributed by atoms with van der Waals surface area (Å²) < 4.78 is 3.01. The number of carbonyl (C=O) groups excluding carboxylic acids is 1. The molecule has 9 nitrogen and oxygen atoms in total. The van der Waals surface area contributed by atoms with E-state index in [0.717, 1.165) is 12.1 Å². The van der Waals surface area contributed by atoms with Gasteiger partial charge in [-0.05, 0) is 13.8 Å². The standard InChI is InChI=1S/C13H18N6O3/c1-5-18-8-10(6-14-18)7-16(3)13(20)12-11(19(21)22)9(2)15-17(12)4/h6,8H,5,7H2,1-4H3. The zero-order valence-corrected chi connectivity index (χ0v) is 13.0. The summed E-state index contributed by atoms with van der Waals surface area (Å²) in [5.41, 5.74) is 0.818. The van der Waals surface area contributed by atoms with Crippen LogP contribution in [0.15, 0.2) is 12.4 Å². The average molecular weight is 306 g/mol. The number of carbonyl (C=O) groups is 1. The molecule has 118 valence electrons. The van der Waals surface area contributed by atoms with E-state index >= 15 is 0 Å². The summed E-state index contributed by atoms with van der Waals surface area (Å²) >= 11 is 0. The lowest BCUT2D eigenvalue weighted by Gasteiger charge is -2.15. The van der Waals surface area contributed by atoms with Crippen LogP contribution in [0.25, 0.3) is 0 Å². The molecule has 0 radical (unpaired) electrons. The fraction of sp³-hybridized carbons (Fsp3) is 0.462. The van der Waals surface area contributed by atoms with E-state index in [9.17, 15) is 14.9 Å². The molecule has 0 aliphatic rings. The first-order valence-electron chi connectivity index (χ1n) is 6.79. The third kappa shape index (κ3) is 2.83. The number of rotatable bonds is 5. The summed E-state index contributed by atoms with van der Waals surface area (Å²) in [5, 5.41) is 19.3. The predicted molar refractivity (Wildman–Crippen MR) is 78.3 cm³/mol. The molecule has 0 aromatic carbocycles. The first-order chi connectivity index (χ1) is 10.3. The lowest BCUT2D eigenvalue weighted by Crippen LogP contribution is -2.28. The van der Waals surface area contributed by atoms with E-state index in [4.69, 9.17) is 0 Å². The quantitative estimate of drug-likeness (QED) is 0.609. The molecule has 0 N–H and O–H groups in total. The highest BCUT2D eigenvalue weighted by atomic mass is 16.6. The van der Waals surface area contributed by atoms with Gasteiger partial charge in [-0.2, -0.15) is 10.2 Å². The maximum atomic E-state index is 12.5. The first-order valence-corrected chi connectivity index (χ1v) is 6.79. The summed E-state index contributed by atoms with van der Waals surface area (Å²) in [6.45, 7) is 4.54. The number of hydrogen-bond donors (Lipinski definition) is 0. The number of aryl methyl sites for hydroxylation is 3. The molecule has 0 aliphatic carbocycles. The van der Waals surface area contributed by atoms with Gasteiger partial charge in [0.2, 0.25) is 5.69 Å². The van der Waals surface area contributed by atoms with Gasteiger partial charge < -0.3 is 4.90 Å². The molecule has 0 saturated carbocycles. The van der Waals surface area contributed by atoms with Crippen LogP contribution in [0.1, 0.15) is 28.7 Å². The van der Waals surface area contributed by atoms with Crippen LogP contribution in [0, 0.1) is 17.0 Å². The number of amides is 1. The van der Waals surface area contributed by atoms with Crippen LogP contribution in [-0.2, 0) is 20.1 Å². The topological polar surface area (TPSA) is 99.1 Å². The van der Waals surface area contributed by atoms with Gasteiger partial charge in [0.15, 0.2) is 0 Å². The van der Waals surface area contributed by atoms with E-state index in [1.807, 2.05) is 13.1 Å². The Bertz CT molecular complexity index is 717. The predicted octanol–water partition coefficient (Wildman–Crippen LogP) is 1.13. The van der Waals surface area contributed by atoms with E-state index in [0.29, 0.717) is 6.54 Å². The van der Waals surface area contributed by atoms with E-state index in [-0.39, 0.29) is 17.1 Å². The van der Waals surface area contributed by atoms with Crippen molar-refractivity contribution in [1.82, 2.24) is 24.5 Å². The monoisotopic (exact) mass is 306 g/mol. The van der Waals surface area contributed by atoms with Gasteiger partial charge in [0.1, 0.15) is 5.69 Å². The fourth-order valence-electron chi connectivity index (χ4n) is 2.29. The van der Waals surface area contributed by atoms with Crippen LogP contribution in [0.2, 0.25) is 0 Å². The molecule has 0 spiro atoms. The summed E-state index contributed by atoms with van der Waals surface area (Å²) in [6.07, 6.45) is 3.52. The van der Waals surface area contributed by atoms with Crippen molar-refractivity contribution in [3.63, 3.8) is 0 Å². The third-order valence-electron chi connectivity index (χ3n) is 3.35. The minimum Gasteiger partial charge on any atom is -0.336 e. The van der Waals surface area contributed by atoms with Crippen LogP contribution in [0.3, 0.4) is 0 Å². The summed E-state index contributed by atoms with van der Waals surface area (Å²) in [5.74, 6) is -0.445. The molecular weight excluding hydrogens is 288 g/mol. The summed E-state index contributed by atoms with van der Waals surface area (Å²) in [4.78, 5) is 24.5. The fourth-order valence-corrected chi connectivity index (χ4v) is 2.29. The minimum absolute atomic E-state index is 0.0205. The Balaban J connectivity index is 2.26. The molecule has 0 fully saturated rings. The zero-order valence-electron chi connectivity index (χ0n) is 13.0. The maximum absolute atomic E-state index is 12.5. The highest BCUT2D eigenvalue weighted by Crippen LogP contribution is 2.23. The second-order valence-corrected chi connectivity index (χ2v) is 5.03. The number of nitrogens with zero attached hydrogens (tertiary/aromatic N) is 6. The van der Waals surface area contributed by atoms with Crippen LogP contribution < -0.4 is 0 Å². The average Bonchev–Trinajstić information content (AvgIpc) is 3.01. The maximum Gasteiger partial charge on any atom is 0.322 e. The number of nitro groups is 1. The van der Waals surface area contributed by atoms with E-state index in [1.165, 1.54) is 23.6 Å². The highest BCUT2D eigenvalue weighted by molar-refractivity contribution is 5.96. The van der Waals surface area contributed by atoms with Gasteiger partial charge in [0, 0.05) is 38.9 Å². The number of hydrogen-bond acceptors (Lipinski definition) is 5. The van der Waals surface area contributed by atoms with Crippen LogP contribution in [0.4, 0.5) is 5.69 Å². The van der Waals surface area contributed by atoms with E-state index in [1.54, 1.807) is 17.9 Å². The molecule has 0 aliphatic heterocycles. The van der Waals surface area contributed by atoms with Crippen molar-refractivity contribution in [2.75, 3.05) is 7.05 Å². The molecule has 2 aromatic heterocycles. The summed E-state index contributed by atoms with van der Waals surface area (Å²) in [7, 11) is 3.12. The first kappa shape index (κ1) is 15.7. The van der Waals surface area contributed by atoms with Gasteiger partial charge in [-0.25, -0.2) is 0 Å². The Morgan fingerprint density at radius 1 is 1.50 bits per heavy atom. The third-order valence-corrected chi connectivity index (χ3v) is 3.35. The molecule has 0 unspecified atom stereocenters. The lowest BCUT2D eigenvalue weighted by atomic mass is 10.2. The molecule has 2 heterocycles. The molecule has 9 heteroatoms. The zero-order chi connectivity index (χ0) is 16.4. The molecule has 2 rings (SSSR count). The van der Waals surface area contributed by atoms with Crippen LogP contribution in [-0.4, -0.2) is 42.3 Å². The van der Waals surface area contributed by atoms with Crippen molar-refractivity contribution in [1.29, 1.82) is 0 Å². The highest BCUT2D eigenvalue weighted by Gasteiger charge is 2.31. The Kier molecular flexibility index (Phi) is 4.25. The Morgan fingerprint density at radius 3 is 2.73 bits per heavy atom. The van der Waals surface area contributed by atoms with Crippen molar-refractivity contribution in [3.8, 4) is 0 Å². The molecule has 0 saturated heterocycles. The van der Waals surface area contributed by atoms with Crippen LogP contribution >= 0.6 is 0 Å². The Morgan fingerprint density at radius 2 is 2.18 bits per heavy atom. The second-order valence-electron chi connectivity index (χ2n) is 5.03. The Labute approximate surface area is 127 Å². The molecule has 2 aromatic rings.